The number of halogens is 1. The molecule has 4 rings (SSSR count). The van der Waals surface area contributed by atoms with Gasteiger partial charge in [-0.3, -0.25) is 9.80 Å². The van der Waals surface area contributed by atoms with Gasteiger partial charge in [0.2, 0.25) is 0 Å². The SMILES string of the molecule is OC1CN(Cc2ccccc2)CCC1N1CCc2c(F)cccc2C1. The third-order valence-electron chi connectivity index (χ3n) is 5.59. The van der Waals surface area contributed by atoms with E-state index in [1.54, 1.807) is 12.1 Å². The molecule has 2 aromatic rings. The highest BCUT2D eigenvalue weighted by Crippen LogP contribution is 2.27. The summed E-state index contributed by atoms with van der Waals surface area (Å²) in [7, 11) is 0. The average molecular weight is 340 g/mol. The van der Waals surface area contributed by atoms with Gasteiger partial charge in [-0.2, -0.15) is 0 Å². The van der Waals surface area contributed by atoms with E-state index in [-0.39, 0.29) is 18.0 Å². The van der Waals surface area contributed by atoms with Gasteiger partial charge in [0.15, 0.2) is 0 Å². The van der Waals surface area contributed by atoms with E-state index in [1.807, 2.05) is 12.1 Å². The van der Waals surface area contributed by atoms with Crippen molar-refractivity contribution in [2.75, 3.05) is 19.6 Å². The molecule has 0 aliphatic carbocycles. The molecule has 2 heterocycles. The fourth-order valence-electron chi connectivity index (χ4n) is 4.26. The van der Waals surface area contributed by atoms with Gasteiger partial charge in [-0.05, 0) is 35.6 Å². The van der Waals surface area contributed by atoms with Crippen LogP contribution in [0.3, 0.4) is 0 Å². The first kappa shape index (κ1) is 16.7. The number of benzene rings is 2. The number of nitrogens with zero attached hydrogens (tertiary/aromatic N) is 2. The number of likely N-dealkylation sites (tertiary alicyclic amines) is 1. The molecular formula is C21H25FN2O. The Bertz CT molecular complexity index is 721. The molecule has 0 spiro atoms. The molecule has 1 fully saturated rings. The third-order valence-corrected chi connectivity index (χ3v) is 5.59. The van der Waals surface area contributed by atoms with Crippen molar-refractivity contribution in [3.63, 3.8) is 0 Å². The van der Waals surface area contributed by atoms with Crippen LogP contribution in [0.1, 0.15) is 23.1 Å². The molecule has 0 amide bonds. The summed E-state index contributed by atoms with van der Waals surface area (Å²) in [6.45, 7) is 4.15. The van der Waals surface area contributed by atoms with Crippen LogP contribution >= 0.6 is 0 Å². The molecule has 2 atom stereocenters. The van der Waals surface area contributed by atoms with Crippen LogP contribution in [-0.2, 0) is 19.5 Å². The fraction of sp³-hybridized carbons (Fsp3) is 0.429. The number of hydrogen-bond acceptors (Lipinski definition) is 3. The number of piperidine rings is 1. The van der Waals surface area contributed by atoms with E-state index in [0.29, 0.717) is 6.54 Å². The summed E-state index contributed by atoms with van der Waals surface area (Å²) < 4.78 is 13.9. The third kappa shape index (κ3) is 3.61. The predicted octanol–water partition coefficient (Wildman–Crippen LogP) is 2.82. The van der Waals surface area contributed by atoms with Gasteiger partial charge < -0.3 is 5.11 Å². The lowest BCUT2D eigenvalue weighted by molar-refractivity contribution is -0.0206. The van der Waals surface area contributed by atoms with Gasteiger partial charge in [0.1, 0.15) is 5.82 Å². The summed E-state index contributed by atoms with van der Waals surface area (Å²) in [6.07, 6.45) is 1.34. The van der Waals surface area contributed by atoms with E-state index < -0.39 is 0 Å². The minimum absolute atomic E-state index is 0.0876. The highest BCUT2D eigenvalue weighted by molar-refractivity contribution is 5.31. The molecular weight excluding hydrogens is 315 g/mol. The highest BCUT2D eigenvalue weighted by atomic mass is 19.1. The van der Waals surface area contributed by atoms with Crippen LogP contribution in [0.5, 0.6) is 0 Å². The Hall–Kier alpha value is -1.75. The zero-order chi connectivity index (χ0) is 17.2. The van der Waals surface area contributed by atoms with Crippen LogP contribution < -0.4 is 0 Å². The first-order chi connectivity index (χ1) is 12.2. The summed E-state index contributed by atoms with van der Waals surface area (Å²) in [6, 6.07) is 15.9. The van der Waals surface area contributed by atoms with Crippen molar-refractivity contribution in [2.45, 2.75) is 38.1 Å². The van der Waals surface area contributed by atoms with Gasteiger partial charge in [-0.15, -0.1) is 0 Å². The number of fused-ring (bicyclic) bond motifs is 1. The lowest BCUT2D eigenvalue weighted by atomic mass is 9.93. The lowest BCUT2D eigenvalue weighted by Gasteiger charge is -2.43. The summed E-state index contributed by atoms with van der Waals surface area (Å²) in [5.41, 5.74) is 3.22. The maximum atomic E-state index is 13.9. The minimum Gasteiger partial charge on any atom is -0.390 e. The topological polar surface area (TPSA) is 26.7 Å². The smallest absolute Gasteiger partial charge is 0.126 e. The van der Waals surface area contributed by atoms with Crippen molar-refractivity contribution < 1.29 is 9.50 Å². The summed E-state index contributed by atoms with van der Waals surface area (Å²) in [5, 5.41) is 10.7. The molecule has 1 saturated heterocycles. The molecule has 0 bridgehead atoms. The van der Waals surface area contributed by atoms with E-state index in [9.17, 15) is 9.50 Å². The van der Waals surface area contributed by atoms with Crippen LogP contribution in [0.15, 0.2) is 48.5 Å². The van der Waals surface area contributed by atoms with Gasteiger partial charge in [0.25, 0.3) is 0 Å². The molecule has 25 heavy (non-hydrogen) atoms. The quantitative estimate of drug-likeness (QED) is 0.931. The van der Waals surface area contributed by atoms with E-state index >= 15 is 0 Å². The van der Waals surface area contributed by atoms with Crippen molar-refractivity contribution in [2.24, 2.45) is 0 Å². The second-order valence-corrected chi connectivity index (χ2v) is 7.24. The monoisotopic (exact) mass is 340 g/mol. The Morgan fingerprint density at radius 3 is 2.68 bits per heavy atom. The predicted molar refractivity (Wildman–Crippen MR) is 96.6 cm³/mol. The minimum atomic E-state index is -0.354. The second kappa shape index (κ2) is 7.24. The summed E-state index contributed by atoms with van der Waals surface area (Å²) >= 11 is 0. The van der Waals surface area contributed by atoms with Crippen molar-refractivity contribution in [1.82, 2.24) is 9.80 Å². The Morgan fingerprint density at radius 1 is 1.04 bits per heavy atom. The first-order valence-electron chi connectivity index (χ1n) is 9.15. The fourth-order valence-corrected chi connectivity index (χ4v) is 4.26. The number of rotatable bonds is 3. The Kier molecular flexibility index (Phi) is 4.84. The van der Waals surface area contributed by atoms with Gasteiger partial charge in [-0.1, -0.05) is 42.5 Å². The van der Waals surface area contributed by atoms with Crippen LogP contribution in [0.4, 0.5) is 4.39 Å². The van der Waals surface area contributed by atoms with E-state index in [0.717, 1.165) is 50.1 Å². The lowest BCUT2D eigenvalue weighted by Crippen LogP contribution is -2.54. The van der Waals surface area contributed by atoms with Gasteiger partial charge in [0, 0.05) is 38.8 Å². The van der Waals surface area contributed by atoms with Crippen LogP contribution in [0.25, 0.3) is 0 Å². The number of aliphatic hydroxyl groups is 1. The number of β-amino-alcohol motifs (C(OH)–C–C–N with tert-alkyl or cyclic N) is 1. The Morgan fingerprint density at radius 2 is 1.88 bits per heavy atom. The second-order valence-electron chi connectivity index (χ2n) is 7.24. The zero-order valence-corrected chi connectivity index (χ0v) is 14.4. The van der Waals surface area contributed by atoms with E-state index in [1.165, 1.54) is 5.56 Å². The van der Waals surface area contributed by atoms with Gasteiger partial charge >= 0.3 is 0 Å². The molecule has 4 heteroatoms. The Labute approximate surface area is 148 Å². The maximum absolute atomic E-state index is 13.9. The van der Waals surface area contributed by atoms with E-state index in [2.05, 4.69) is 34.1 Å². The summed E-state index contributed by atoms with van der Waals surface area (Å²) in [5.74, 6) is -0.0876. The van der Waals surface area contributed by atoms with Gasteiger partial charge in [0.05, 0.1) is 6.10 Å². The van der Waals surface area contributed by atoms with Crippen molar-refractivity contribution >= 4 is 0 Å². The number of aliphatic hydroxyl groups excluding tert-OH is 1. The van der Waals surface area contributed by atoms with Crippen LogP contribution in [0, 0.1) is 5.82 Å². The molecule has 2 unspecified atom stereocenters. The normalized spacial score (nSPS) is 24.9. The average Bonchev–Trinajstić information content (AvgIpc) is 2.63. The number of hydrogen-bond donors (Lipinski definition) is 1. The maximum Gasteiger partial charge on any atom is 0.126 e. The molecule has 0 aromatic heterocycles. The van der Waals surface area contributed by atoms with Crippen molar-refractivity contribution in [3.05, 3.63) is 71.0 Å². The van der Waals surface area contributed by atoms with Crippen LogP contribution in [-0.4, -0.2) is 46.7 Å². The molecule has 0 saturated carbocycles. The molecule has 3 nitrogen and oxygen atoms in total. The molecule has 2 aliphatic heterocycles. The summed E-state index contributed by atoms with van der Waals surface area (Å²) in [4.78, 5) is 4.67. The van der Waals surface area contributed by atoms with Gasteiger partial charge in [-0.25, -0.2) is 4.39 Å². The molecule has 2 aliphatic rings. The van der Waals surface area contributed by atoms with Crippen molar-refractivity contribution in [1.29, 1.82) is 0 Å². The first-order valence-corrected chi connectivity index (χ1v) is 9.15. The highest BCUT2D eigenvalue weighted by Gasteiger charge is 2.34. The molecule has 1 N–H and O–H groups in total. The van der Waals surface area contributed by atoms with E-state index in [4.69, 9.17) is 0 Å². The molecule has 0 radical (unpaired) electrons. The van der Waals surface area contributed by atoms with Crippen LogP contribution in [0.2, 0.25) is 0 Å². The largest absolute Gasteiger partial charge is 0.390 e. The molecule has 132 valence electrons. The Balaban J connectivity index is 1.39. The van der Waals surface area contributed by atoms with Crippen molar-refractivity contribution in [3.8, 4) is 0 Å². The zero-order valence-electron chi connectivity index (χ0n) is 14.4. The standard InChI is InChI=1S/C21H25FN2O/c22-19-8-4-7-17-14-24(12-9-18(17)19)20-10-11-23(15-21(20)25)13-16-5-2-1-3-6-16/h1-8,20-21,25H,9-15H2. The molecule has 2 aromatic carbocycles.